The van der Waals surface area contributed by atoms with Gasteiger partial charge in [-0.15, -0.1) is 0 Å². The van der Waals surface area contributed by atoms with Gasteiger partial charge in [0.25, 0.3) is 0 Å². The first-order chi connectivity index (χ1) is 7.66. The van der Waals surface area contributed by atoms with Crippen LogP contribution in [0.25, 0.3) is 0 Å². The maximum absolute atomic E-state index is 10.5. The fraction of sp³-hybridized carbons (Fsp3) is 0.917. The van der Waals surface area contributed by atoms with Crippen LogP contribution in [0.2, 0.25) is 0 Å². The van der Waals surface area contributed by atoms with Crippen LogP contribution in [0, 0.1) is 16.7 Å². The van der Waals surface area contributed by atoms with E-state index in [4.69, 9.17) is 9.47 Å². The lowest BCUT2D eigenvalue weighted by Gasteiger charge is -2.53. The van der Waals surface area contributed by atoms with Crippen LogP contribution in [0.5, 0.6) is 0 Å². The Bertz CT molecular complexity index is 285. The Balaban J connectivity index is 2.03. The van der Waals surface area contributed by atoms with E-state index in [1.165, 1.54) is 0 Å². The van der Waals surface area contributed by atoms with E-state index in [2.05, 4.69) is 6.07 Å². The minimum absolute atomic E-state index is 0.113. The summed E-state index contributed by atoms with van der Waals surface area (Å²) < 4.78 is 10.8. The van der Waals surface area contributed by atoms with Gasteiger partial charge in [-0.05, 0) is 19.8 Å². The summed E-state index contributed by atoms with van der Waals surface area (Å²) in [6.45, 7) is 3.67. The van der Waals surface area contributed by atoms with Crippen molar-refractivity contribution in [2.45, 2.75) is 44.3 Å². The summed E-state index contributed by atoms with van der Waals surface area (Å²) in [5.41, 5.74) is -1.61. The molecule has 1 aliphatic carbocycles. The van der Waals surface area contributed by atoms with E-state index in [1.807, 2.05) is 6.92 Å². The van der Waals surface area contributed by atoms with E-state index in [9.17, 15) is 10.4 Å². The summed E-state index contributed by atoms with van der Waals surface area (Å²) in [4.78, 5) is 0. The van der Waals surface area contributed by atoms with Gasteiger partial charge < -0.3 is 14.6 Å². The van der Waals surface area contributed by atoms with Crippen LogP contribution in [0.15, 0.2) is 0 Å². The van der Waals surface area contributed by atoms with E-state index < -0.39 is 11.0 Å². The van der Waals surface area contributed by atoms with Crippen molar-refractivity contribution in [2.75, 3.05) is 19.8 Å². The molecule has 0 aromatic carbocycles. The van der Waals surface area contributed by atoms with Gasteiger partial charge in [0.2, 0.25) is 0 Å². The SMILES string of the molecule is CCOC1CC(O)(C2(C#N)CCCOC2)C1. The molecular weight excluding hydrogens is 206 g/mol. The molecule has 2 fully saturated rings. The largest absolute Gasteiger partial charge is 0.388 e. The molecule has 1 heterocycles. The topological polar surface area (TPSA) is 62.5 Å². The molecule has 0 aromatic heterocycles. The van der Waals surface area contributed by atoms with Crippen molar-refractivity contribution in [3.63, 3.8) is 0 Å². The zero-order valence-corrected chi connectivity index (χ0v) is 9.74. The van der Waals surface area contributed by atoms with E-state index in [-0.39, 0.29) is 6.10 Å². The van der Waals surface area contributed by atoms with Crippen molar-refractivity contribution in [3.05, 3.63) is 0 Å². The highest BCUT2D eigenvalue weighted by Gasteiger charge is 2.59. The van der Waals surface area contributed by atoms with Crippen LogP contribution < -0.4 is 0 Å². The smallest absolute Gasteiger partial charge is 0.109 e. The summed E-state index contributed by atoms with van der Waals surface area (Å²) in [5.74, 6) is 0. The predicted octanol–water partition coefficient (Wildman–Crippen LogP) is 1.24. The maximum atomic E-state index is 10.5. The molecule has 1 N–H and O–H groups in total. The molecule has 1 saturated carbocycles. The van der Waals surface area contributed by atoms with Gasteiger partial charge in [-0.1, -0.05) is 0 Å². The van der Waals surface area contributed by atoms with Gasteiger partial charge in [0.05, 0.1) is 24.4 Å². The molecule has 1 atom stereocenters. The molecule has 4 nitrogen and oxygen atoms in total. The molecule has 90 valence electrons. The number of hydrogen-bond donors (Lipinski definition) is 1. The van der Waals surface area contributed by atoms with Gasteiger partial charge in [0.1, 0.15) is 5.41 Å². The highest BCUT2D eigenvalue weighted by atomic mass is 16.5. The molecule has 0 spiro atoms. The Morgan fingerprint density at radius 2 is 2.31 bits per heavy atom. The Kier molecular flexibility index (Phi) is 3.20. The van der Waals surface area contributed by atoms with Gasteiger partial charge in [0, 0.05) is 26.1 Å². The molecule has 0 bridgehead atoms. The second kappa shape index (κ2) is 4.33. The van der Waals surface area contributed by atoms with Crippen LogP contribution in [-0.2, 0) is 9.47 Å². The van der Waals surface area contributed by atoms with Crippen molar-refractivity contribution in [2.24, 2.45) is 5.41 Å². The summed E-state index contributed by atoms with van der Waals surface area (Å²) in [5, 5.41) is 19.8. The number of aliphatic hydroxyl groups is 1. The van der Waals surface area contributed by atoms with E-state index in [0.717, 1.165) is 12.8 Å². The van der Waals surface area contributed by atoms with Crippen LogP contribution in [-0.4, -0.2) is 36.6 Å². The minimum atomic E-state index is -0.901. The number of ether oxygens (including phenoxy) is 2. The van der Waals surface area contributed by atoms with Crippen LogP contribution in [0.3, 0.4) is 0 Å². The lowest BCUT2D eigenvalue weighted by Crippen LogP contribution is -2.61. The molecule has 1 aliphatic heterocycles. The van der Waals surface area contributed by atoms with Crippen molar-refractivity contribution in [3.8, 4) is 6.07 Å². The first-order valence-corrected chi connectivity index (χ1v) is 5.99. The molecule has 1 saturated heterocycles. The van der Waals surface area contributed by atoms with Gasteiger partial charge in [-0.2, -0.15) is 5.26 Å². The lowest BCUT2D eigenvalue weighted by atomic mass is 9.58. The molecule has 16 heavy (non-hydrogen) atoms. The predicted molar refractivity (Wildman–Crippen MR) is 57.7 cm³/mol. The average molecular weight is 225 g/mol. The van der Waals surface area contributed by atoms with Crippen molar-refractivity contribution < 1.29 is 14.6 Å². The zero-order valence-electron chi connectivity index (χ0n) is 9.74. The van der Waals surface area contributed by atoms with Crippen LogP contribution in [0.4, 0.5) is 0 Å². The summed E-state index contributed by atoms with van der Waals surface area (Å²) in [6, 6.07) is 2.29. The second-order valence-corrected chi connectivity index (χ2v) is 4.87. The Labute approximate surface area is 96.2 Å². The highest BCUT2D eigenvalue weighted by molar-refractivity contribution is 5.17. The van der Waals surface area contributed by atoms with E-state index in [0.29, 0.717) is 32.7 Å². The first kappa shape index (κ1) is 11.8. The van der Waals surface area contributed by atoms with Crippen LogP contribution >= 0.6 is 0 Å². The quantitative estimate of drug-likeness (QED) is 0.785. The number of nitriles is 1. The molecule has 2 rings (SSSR count). The molecule has 4 heteroatoms. The Morgan fingerprint density at radius 3 is 2.81 bits per heavy atom. The normalized spacial score (nSPS) is 43.4. The molecule has 0 aromatic rings. The number of hydrogen-bond acceptors (Lipinski definition) is 4. The third-order valence-electron chi connectivity index (χ3n) is 3.88. The summed E-state index contributed by atoms with van der Waals surface area (Å²) in [7, 11) is 0. The molecule has 1 unspecified atom stereocenters. The molecule has 0 amide bonds. The minimum Gasteiger partial charge on any atom is -0.388 e. The average Bonchev–Trinajstić information content (AvgIpc) is 2.28. The summed E-state index contributed by atoms with van der Waals surface area (Å²) >= 11 is 0. The molecular formula is C12H19NO3. The van der Waals surface area contributed by atoms with Crippen LogP contribution in [0.1, 0.15) is 32.6 Å². The van der Waals surface area contributed by atoms with Gasteiger partial charge in [0.15, 0.2) is 0 Å². The fourth-order valence-corrected chi connectivity index (χ4v) is 2.79. The Hall–Kier alpha value is -0.630. The van der Waals surface area contributed by atoms with Gasteiger partial charge in [-0.25, -0.2) is 0 Å². The third kappa shape index (κ3) is 1.73. The first-order valence-electron chi connectivity index (χ1n) is 5.99. The fourth-order valence-electron chi connectivity index (χ4n) is 2.79. The van der Waals surface area contributed by atoms with E-state index in [1.54, 1.807) is 0 Å². The monoisotopic (exact) mass is 225 g/mol. The maximum Gasteiger partial charge on any atom is 0.109 e. The molecule has 2 aliphatic rings. The zero-order chi connectivity index (χ0) is 11.6. The summed E-state index contributed by atoms with van der Waals surface area (Å²) in [6.07, 6.45) is 2.84. The van der Waals surface area contributed by atoms with Gasteiger partial charge >= 0.3 is 0 Å². The second-order valence-electron chi connectivity index (χ2n) is 4.87. The highest BCUT2D eigenvalue weighted by Crippen LogP contribution is 2.50. The molecule has 0 radical (unpaired) electrons. The lowest BCUT2D eigenvalue weighted by molar-refractivity contribution is -0.210. The number of rotatable bonds is 3. The van der Waals surface area contributed by atoms with Crippen molar-refractivity contribution in [1.29, 1.82) is 5.26 Å². The number of nitrogens with zero attached hydrogens (tertiary/aromatic N) is 1. The van der Waals surface area contributed by atoms with Gasteiger partial charge in [-0.3, -0.25) is 0 Å². The van der Waals surface area contributed by atoms with Crippen molar-refractivity contribution >= 4 is 0 Å². The van der Waals surface area contributed by atoms with Crippen molar-refractivity contribution in [1.82, 2.24) is 0 Å². The Morgan fingerprint density at radius 1 is 1.56 bits per heavy atom. The van der Waals surface area contributed by atoms with E-state index >= 15 is 0 Å². The standard InChI is InChI=1S/C12H19NO3/c1-2-16-10-6-12(14,7-10)11(8-13)4-3-5-15-9-11/h10,14H,2-7,9H2,1H3. The third-order valence-corrected chi connectivity index (χ3v) is 3.88.